The molecule has 11 nitrogen and oxygen atoms in total. The number of aliphatic hydroxyl groups excluding tert-OH is 2. The van der Waals surface area contributed by atoms with Crippen molar-refractivity contribution in [2.45, 2.75) is 43.7 Å². The second-order valence-electron chi connectivity index (χ2n) is 9.13. The van der Waals surface area contributed by atoms with Gasteiger partial charge in [0.1, 0.15) is 5.75 Å². The van der Waals surface area contributed by atoms with Gasteiger partial charge in [0, 0.05) is 32.2 Å². The second kappa shape index (κ2) is 13.0. The molecule has 1 heterocycles. The lowest BCUT2D eigenvalue weighted by Gasteiger charge is -2.30. The topological polar surface area (TPSA) is 155 Å². The molecule has 2 atom stereocenters. The highest BCUT2D eigenvalue weighted by Gasteiger charge is 2.32. The molecule has 12 heteroatoms. The maximum absolute atomic E-state index is 13.5. The number of hydrogen-bond acceptors (Lipinski definition) is 8. The van der Waals surface area contributed by atoms with E-state index in [1.54, 1.807) is 24.3 Å². The van der Waals surface area contributed by atoms with E-state index in [2.05, 4.69) is 5.32 Å². The molecule has 3 rings (SSSR count). The molecule has 37 heavy (non-hydrogen) atoms. The number of hydrogen-bond donors (Lipinski definition) is 4. The number of amides is 1. The van der Waals surface area contributed by atoms with Crippen LogP contribution in [0.5, 0.6) is 17.2 Å². The summed E-state index contributed by atoms with van der Waals surface area (Å²) < 4.78 is 44.2. The fraction of sp³-hybridized carbons (Fsp3) is 0.480. The highest BCUT2D eigenvalue weighted by Crippen LogP contribution is 2.34. The van der Waals surface area contributed by atoms with E-state index in [9.17, 15) is 23.4 Å². The van der Waals surface area contributed by atoms with E-state index in [4.69, 9.17) is 19.3 Å². The Balaban J connectivity index is 1.77. The minimum Gasteiger partial charge on any atom is -0.494 e. The normalized spacial score (nSPS) is 14.5. The maximum atomic E-state index is 13.5. The van der Waals surface area contributed by atoms with E-state index in [0.717, 1.165) is 9.87 Å². The van der Waals surface area contributed by atoms with Gasteiger partial charge >= 0.3 is 6.09 Å². The van der Waals surface area contributed by atoms with Crippen LogP contribution in [0.4, 0.5) is 4.79 Å². The first-order valence-electron chi connectivity index (χ1n) is 12.0. The lowest BCUT2D eigenvalue weighted by atomic mass is 10.0. The van der Waals surface area contributed by atoms with E-state index < -0.39 is 28.3 Å². The van der Waals surface area contributed by atoms with Gasteiger partial charge in [-0.1, -0.05) is 26.0 Å². The van der Waals surface area contributed by atoms with Gasteiger partial charge in [-0.25, -0.2) is 13.2 Å². The van der Waals surface area contributed by atoms with Crippen molar-refractivity contribution in [3.63, 3.8) is 0 Å². The van der Waals surface area contributed by atoms with E-state index in [-0.39, 0.29) is 43.7 Å². The fourth-order valence-electron chi connectivity index (χ4n) is 3.87. The SMILES string of the molecule is CC(C)CN(C[C@@H](O)[C@H](Cc1ccc(OCCCO)cc1)NC(=O)O)S(=O)(=O)c1ccc2c(c1)OCO2. The predicted molar refractivity (Wildman–Crippen MR) is 134 cm³/mol. The van der Waals surface area contributed by atoms with Gasteiger partial charge < -0.3 is 34.8 Å². The Morgan fingerprint density at radius 3 is 2.46 bits per heavy atom. The fourth-order valence-corrected chi connectivity index (χ4v) is 5.51. The molecule has 0 saturated carbocycles. The molecule has 1 aliphatic rings. The van der Waals surface area contributed by atoms with Gasteiger partial charge in [0.15, 0.2) is 11.5 Å². The van der Waals surface area contributed by atoms with Crippen LogP contribution in [0.3, 0.4) is 0 Å². The van der Waals surface area contributed by atoms with Crippen molar-refractivity contribution in [3.8, 4) is 17.2 Å². The molecule has 0 saturated heterocycles. The molecular formula is C25H34N2O9S. The molecule has 0 radical (unpaired) electrons. The lowest BCUT2D eigenvalue weighted by Crippen LogP contribution is -2.50. The van der Waals surface area contributed by atoms with Crippen molar-refractivity contribution < 1.29 is 42.7 Å². The summed E-state index contributed by atoms with van der Waals surface area (Å²) >= 11 is 0. The van der Waals surface area contributed by atoms with Crippen molar-refractivity contribution in [1.29, 1.82) is 0 Å². The Morgan fingerprint density at radius 2 is 1.81 bits per heavy atom. The first-order valence-corrected chi connectivity index (χ1v) is 13.4. The molecule has 0 fully saturated rings. The Kier molecular flexibility index (Phi) is 9.98. The van der Waals surface area contributed by atoms with Gasteiger partial charge in [0.25, 0.3) is 0 Å². The van der Waals surface area contributed by atoms with Crippen LogP contribution >= 0.6 is 0 Å². The highest BCUT2D eigenvalue weighted by molar-refractivity contribution is 7.89. The third kappa shape index (κ3) is 7.96. The number of aliphatic hydroxyl groups is 2. The molecule has 2 aromatic rings. The molecule has 1 aliphatic heterocycles. The molecule has 0 bridgehead atoms. The zero-order valence-electron chi connectivity index (χ0n) is 20.9. The highest BCUT2D eigenvalue weighted by atomic mass is 32.2. The van der Waals surface area contributed by atoms with Crippen LogP contribution in [0.2, 0.25) is 0 Å². The summed E-state index contributed by atoms with van der Waals surface area (Å²) in [6.07, 6.45) is -2.04. The van der Waals surface area contributed by atoms with Crippen LogP contribution in [-0.2, 0) is 16.4 Å². The Hall–Kier alpha value is -3.06. The van der Waals surface area contributed by atoms with Crippen LogP contribution in [0.15, 0.2) is 47.4 Å². The van der Waals surface area contributed by atoms with E-state index in [1.807, 2.05) is 13.8 Å². The number of benzene rings is 2. The molecule has 0 spiro atoms. The van der Waals surface area contributed by atoms with E-state index in [1.165, 1.54) is 18.2 Å². The Bertz CT molecular complexity index is 1140. The second-order valence-corrected chi connectivity index (χ2v) is 11.1. The first kappa shape index (κ1) is 28.5. The molecule has 0 aromatic heterocycles. The molecule has 2 aromatic carbocycles. The number of carbonyl (C=O) groups is 1. The average molecular weight is 539 g/mol. The summed E-state index contributed by atoms with van der Waals surface area (Å²) in [5.74, 6) is 1.31. The number of nitrogens with one attached hydrogen (secondary N) is 1. The maximum Gasteiger partial charge on any atom is 0.404 e. The number of nitrogens with zero attached hydrogens (tertiary/aromatic N) is 1. The summed E-state index contributed by atoms with van der Waals surface area (Å²) in [7, 11) is -4.04. The van der Waals surface area contributed by atoms with Crippen molar-refractivity contribution >= 4 is 16.1 Å². The Labute approximate surface area is 216 Å². The molecular weight excluding hydrogens is 504 g/mol. The molecule has 0 unspecified atom stereocenters. The van der Waals surface area contributed by atoms with Crippen LogP contribution < -0.4 is 19.5 Å². The van der Waals surface area contributed by atoms with Crippen LogP contribution in [0.1, 0.15) is 25.8 Å². The zero-order valence-corrected chi connectivity index (χ0v) is 21.7. The van der Waals surface area contributed by atoms with Gasteiger partial charge in [-0.05, 0) is 42.2 Å². The van der Waals surface area contributed by atoms with Crippen LogP contribution in [0.25, 0.3) is 0 Å². The smallest absolute Gasteiger partial charge is 0.404 e. The summed E-state index contributed by atoms with van der Waals surface area (Å²) in [6, 6.07) is 10.3. The molecule has 4 N–H and O–H groups in total. The van der Waals surface area contributed by atoms with E-state index in [0.29, 0.717) is 30.3 Å². The summed E-state index contributed by atoms with van der Waals surface area (Å²) in [5, 5.41) is 31.6. The van der Waals surface area contributed by atoms with Crippen molar-refractivity contribution in [1.82, 2.24) is 9.62 Å². The zero-order chi connectivity index (χ0) is 27.0. The predicted octanol–water partition coefficient (Wildman–Crippen LogP) is 2.06. The first-order chi connectivity index (χ1) is 17.6. The number of carboxylic acid groups (broad SMARTS) is 1. The van der Waals surface area contributed by atoms with Crippen molar-refractivity contribution in [2.24, 2.45) is 5.92 Å². The standard InChI is InChI=1S/C25H34N2O9S/c1-17(2)14-27(37(32,33)20-8-9-23-24(13-20)36-16-35-23)15-22(29)21(26-25(30)31)12-18-4-6-19(7-5-18)34-11-3-10-28/h4-9,13,17,21-22,26,28-29H,3,10-12,14-16H2,1-2H3,(H,30,31)/t21-,22+/m0/s1. The minimum absolute atomic E-state index is 0.00551. The third-order valence-electron chi connectivity index (χ3n) is 5.66. The molecule has 204 valence electrons. The number of fused-ring (bicyclic) bond motifs is 1. The average Bonchev–Trinajstić information content (AvgIpc) is 3.32. The van der Waals surface area contributed by atoms with Gasteiger partial charge in [0.05, 0.1) is 23.6 Å². The van der Waals surface area contributed by atoms with Crippen LogP contribution in [-0.4, -0.2) is 79.4 Å². The van der Waals surface area contributed by atoms with E-state index >= 15 is 0 Å². The lowest BCUT2D eigenvalue weighted by molar-refractivity contribution is 0.0980. The molecule has 0 aliphatic carbocycles. The van der Waals surface area contributed by atoms with Crippen molar-refractivity contribution in [2.75, 3.05) is 33.1 Å². The quantitative estimate of drug-likeness (QED) is 0.265. The third-order valence-corrected chi connectivity index (χ3v) is 7.49. The monoisotopic (exact) mass is 538 g/mol. The number of sulfonamides is 1. The van der Waals surface area contributed by atoms with Gasteiger partial charge in [0.2, 0.25) is 16.8 Å². The van der Waals surface area contributed by atoms with Gasteiger partial charge in [-0.3, -0.25) is 0 Å². The minimum atomic E-state index is -4.04. The Morgan fingerprint density at radius 1 is 1.11 bits per heavy atom. The van der Waals surface area contributed by atoms with Crippen LogP contribution in [0, 0.1) is 5.92 Å². The molecule has 1 amide bonds. The summed E-state index contributed by atoms with van der Waals surface area (Å²) in [4.78, 5) is 11.5. The number of rotatable bonds is 14. The van der Waals surface area contributed by atoms with Crippen molar-refractivity contribution in [3.05, 3.63) is 48.0 Å². The number of ether oxygens (including phenoxy) is 3. The van der Waals surface area contributed by atoms with Gasteiger partial charge in [-0.15, -0.1) is 0 Å². The summed E-state index contributed by atoms with van der Waals surface area (Å²) in [6.45, 7) is 3.90. The summed E-state index contributed by atoms with van der Waals surface area (Å²) in [5.41, 5.74) is 0.723. The van der Waals surface area contributed by atoms with Gasteiger partial charge in [-0.2, -0.15) is 4.31 Å². The largest absolute Gasteiger partial charge is 0.494 e.